The number of sulfonamides is 1. The van der Waals surface area contributed by atoms with Gasteiger partial charge in [0.25, 0.3) is 0 Å². The molecule has 0 aromatic heterocycles. The van der Waals surface area contributed by atoms with E-state index < -0.39 is 10.0 Å². The van der Waals surface area contributed by atoms with E-state index in [0.717, 1.165) is 12.8 Å². The van der Waals surface area contributed by atoms with Crippen LogP contribution >= 0.6 is 46.4 Å². The van der Waals surface area contributed by atoms with Crippen molar-refractivity contribution in [3.05, 3.63) is 26.2 Å². The summed E-state index contributed by atoms with van der Waals surface area (Å²) in [6.07, 6.45) is 1.60. The maximum Gasteiger partial charge on any atom is 0.242 e. The maximum atomic E-state index is 12.0. The minimum Gasteiger partial charge on any atom is -0.211 e. The van der Waals surface area contributed by atoms with E-state index >= 15 is 0 Å². The summed E-state index contributed by atoms with van der Waals surface area (Å²) in [5.74, 6) is 0. The average molecular weight is 351 g/mol. The zero-order chi connectivity index (χ0) is 13.9. The van der Waals surface area contributed by atoms with E-state index in [4.69, 9.17) is 46.4 Å². The quantitative estimate of drug-likeness (QED) is 0.486. The lowest BCUT2D eigenvalue weighted by atomic mass is 10.3. The predicted molar refractivity (Wildman–Crippen MR) is 76.6 cm³/mol. The van der Waals surface area contributed by atoms with E-state index in [1.165, 1.54) is 6.07 Å². The largest absolute Gasteiger partial charge is 0.242 e. The van der Waals surface area contributed by atoms with E-state index in [1.54, 1.807) is 0 Å². The molecule has 1 aromatic rings. The Morgan fingerprint density at radius 1 is 1.11 bits per heavy atom. The summed E-state index contributed by atoms with van der Waals surface area (Å²) in [6.45, 7) is 2.28. The van der Waals surface area contributed by atoms with Gasteiger partial charge in [-0.3, -0.25) is 0 Å². The molecule has 0 radical (unpaired) electrons. The van der Waals surface area contributed by atoms with Crippen molar-refractivity contribution in [1.29, 1.82) is 0 Å². The van der Waals surface area contributed by atoms with Crippen molar-refractivity contribution in [1.82, 2.24) is 4.72 Å². The molecule has 0 spiro atoms. The molecule has 0 heterocycles. The molecule has 0 amide bonds. The monoisotopic (exact) mass is 349 g/mol. The van der Waals surface area contributed by atoms with Crippen LogP contribution in [0.1, 0.15) is 19.8 Å². The van der Waals surface area contributed by atoms with E-state index in [9.17, 15) is 8.42 Å². The van der Waals surface area contributed by atoms with Crippen LogP contribution in [0.2, 0.25) is 20.1 Å². The first-order chi connectivity index (χ1) is 8.31. The van der Waals surface area contributed by atoms with Crippen LogP contribution in [0.3, 0.4) is 0 Å². The zero-order valence-electron chi connectivity index (χ0n) is 9.44. The van der Waals surface area contributed by atoms with E-state index in [0.29, 0.717) is 6.54 Å². The highest BCUT2D eigenvalue weighted by Crippen LogP contribution is 2.39. The van der Waals surface area contributed by atoms with Gasteiger partial charge in [0.05, 0.1) is 20.1 Å². The second kappa shape index (κ2) is 6.64. The van der Waals surface area contributed by atoms with Crippen LogP contribution in [-0.4, -0.2) is 15.0 Å². The molecule has 0 aliphatic heterocycles. The highest BCUT2D eigenvalue weighted by molar-refractivity contribution is 7.89. The number of unbranched alkanes of at least 4 members (excludes halogenated alkanes) is 1. The molecule has 0 aliphatic carbocycles. The van der Waals surface area contributed by atoms with Gasteiger partial charge < -0.3 is 0 Å². The number of benzene rings is 1. The van der Waals surface area contributed by atoms with Gasteiger partial charge in [0.2, 0.25) is 10.0 Å². The van der Waals surface area contributed by atoms with E-state index in [1.807, 2.05) is 6.92 Å². The molecule has 3 nitrogen and oxygen atoms in total. The Morgan fingerprint density at radius 2 is 1.72 bits per heavy atom. The third-order valence-corrected chi connectivity index (χ3v) is 5.53. The van der Waals surface area contributed by atoms with Gasteiger partial charge in [0.15, 0.2) is 0 Å². The summed E-state index contributed by atoms with van der Waals surface area (Å²) in [4.78, 5) is -0.167. The first-order valence-corrected chi connectivity index (χ1v) is 8.13. The zero-order valence-corrected chi connectivity index (χ0v) is 13.3. The summed E-state index contributed by atoms with van der Waals surface area (Å²) in [6, 6.07) is 1.19. The molecule has 0 unspecified atom stereocenters. The fourth-order valence-electron chi connectivity index (χ4n) is 1.21. The van der Waals surface area contributed by atoms with Gasteiger partial charge in [-0.05, 0) is 12.5 Å². The lowest BCUT2D eigenvalue weighted by Gasteiger charge is -2.10. The molecule has 0 fully saturated rings. The second-order valence-corrected chi connectivity index (χ2v) is 6.83. The lowest BCUT2D eigenvalue weighted by Crippen LogP contribution is -2.25. The van der Waals surface area contributed by atoms with Gasteiger partial charge in [-0.2, -0.15) is 0 Å². The Hall–Kier alpha value is 0.290. The van der Waals surface area contributed by atoms with Crippen molar-refractivity contribution in [2.24, 2.45) is 0 Å². The van der Waals surface area contributed by atoms with Crippen molar-refractivity contribution in [2.75, 3.05) is 6.54 Å². The minimum atomic E-state index is -3.73. The second-order valence-electron chi connectivity index (χ2n) is 3.55. The highest BCUT2D eigenvalue weighted by Gasteiger charge is 2.22. The number of hydrogen-bond acceptors (Lipinski definition) is 2. The Balaban J connectivity index is 3.17. The number of hydrogen-bond donors (Lipinski definition) is 1. The average Bonchev–Trinajstić information content (AvgIpc) is 2.31. The van der Waals surface area contributed by atoms with Gasteiger partial charge in [-0.1, -0.05) is 59.7 Å². The molecule has 1 N–H and O–H groups in total. The van der Waals surface area contributed by atoms with Crippen molar-refractivity contribution in [3.8, 4) is 0 Å². The maximum absolute atomic E-state index is 12.0. The molecule has 1 rings (SSSR count). The molecule has 0 saturated carbocycles. The first kappa shape index (κ1) is 16.3. The minimum absolute atomic E-state index is 0.0378. The summed E-state index contributed by atoms with van der Waals surface area (Å²) in [5.41, 5.74) is 0. The van der Waals surface area contributed by atoms with Gasteiger partial charge in [0, 0.05) is 6.54 Å². The van der Waals surface area contributed by atoms with Crippen LogP contribution in [0.15, 0.2) is 11.0 Å². The molecule has 1 aromatic carbocycles. The Labute approximate surface area is 126 Å². The van der Waals surface area contributed by atoms with Crippen molar-refractivity contribution in [2.45, 2.75) is 24.7 Å². The van der Waals surface area contributed by atoms with Crippen molar-refractivity contribution in [3.63, 3.8) is 0 Å². The van der Waals surface area contributed by atoms with E-state index in [-0.39, 0.29) is 25.0 Å². The normalized spacial score (nSPS) is 11.8. The molecule has 18 heavy (non-hydrogen) atoms. The molecule has 0 atom stereocenters. The Morgan fingerprint density at radius 3 is 2.28 bits per heavy atom. The Bertz CT molecular complexity index is 545. The van der Waals surface area contributed by atoms with Gasteiger partial charge >= 0.3 is 0 Å². The third-order valence-electron chi connectivity index (χ3n) is 2.18. The number of halogens is 4. The van der Waals surface area contributed by atoms with Gasteiger partial charge in [-0.25, -0.2) is 13.1 Å². The topological polar surface area (TPSA) is 46.2 Å². The van der Waals surface area contributed by atoms with E-state index in [2.05, 4.69) is 4.72 Å². The highest BCUT2D eigenvalue weighted by atomic mass is 35.5. The van der Waals surface area contributed by atoms with Crippen LogP contribution in [0.4, 0.5) is 0 Å². The van der Waals surface area contributed by atoms with Gasteiger partial charge in [0.1, 0.15) is 4.90 Å². The summed E-state index contributed by atoms with van der Waals surface area (Å²) < 4.78 is 26.4. The Kier molecular flexibility index (Phi) is 6.03. The summed E-state index contributed by atoms with van der Waals surface area (Å²) >= 11 is 23.2. The molecule has 102 valence electrons. The summed E-state index contributed by atoms with van der Waals surface area (Å²) in [5, 5.41) is -0.116. The molecule has 8 heteroatoms. The van der Waals surface area contributed by atoms with Crippen LogP contribution < -0.4 is 4.72 Å². The molecule has 0 bridgehead atoms. The third kappa shape index (κ3) is 3.65. The van der Waals surface area contributed by atoms with Crippen LogP contribution in [0.25, 0.3) is 0 Å². The van der Waals surface area contributed by atoms with Crippen molar-refractivity contribution < 1.29 is 8.42 Å². The SMILES string of the molecule is CCCCNS(=O)(=O)c1cc(Cl)c(Cl)c(Cl)c1Cl. The van der Waals surface area contributed by atoms with Gasteiger partial charge in [-0.15, -0.1) is 0 Å². The fraction of sp³-hybridized carbons (Fsp3) is 0.400. The van der Waals surface area contributed by atoms with Crippen LogP contribution in [0.5, 0.6) is 0 Å². The molecular formula is C10H11Cl4NO2S. The van der Waals surface area contributed by atoms with Crippen LogP contribution in [-0.2, 0) is 10.0 Å². The van der Waals surface area contributed by atoms with Crippen LogP contribution in [0, 0.1) is 0 Å². The lowest BCUT2D eigenvalue weighted by molar-refractivity contribution is 0.578. The number of rotatable bonds is 5. The predicted octanol–water partition coefficient (Wildman–Crippen LogP) is 4.38. The fourth-order valence-corrected chi connectivity index (χ4v) is 3.61. The molecule has 0 aliphatic rings. The smallest absolute Gasteiger partial charge is 0.211 e. The molecule has 0 saturated heterocycles. The first-order valence-electron chi connectivity index (χ1n) is 5.14. The van der Waals surface area contributed by atoms with Crippen molar-refractivity contribution >= 4 is 56.4 Å². The summed E-state index contributed by atoms with van der Waals surface area (Å²) in [7, 11) is -3.73. The molecular weight excluding hydrogens is 340 g/mol. The number of nitrogens with one attached hydrogen (secondary N) is 1. The standard InChI is InChI=1S/C10H11Cl4NO2S/c1-2-3-4-15-18(16,17)7-5-6(11)8(12)10(14)9(7)13/h5,15H,2-4H2,1H3.